The van der Waals surface area contributed by atoms with Gasteiger partial charge in [0, 0.05) is 5.02 Å². The largest absolute Gasteiger partial charge is 0.322 e. The van der Waals surface area contributed by atoms with Crippen LogP contribution in [0.25, 0.3) is 0 Å². The van der Waals surface area contributed by atoms with Gasteiger partial charge < -0.3 is 11.1 Å². The van der Waals surface area contributed by atoms with E-state index < -0.39 is 17.8 Å². The number of benzene rings is 2. The molecule has 0 spiro atoms. The normalized spacial score (nSPS) is 11.9. The van der Waals surface area contributed by atoms with E-state index in [0.29, 0.717) is 6.42 Å². The molecule has 0 aliphatic rings. The van der Waals surface area contributed by atoms with Gasteiger partial charge in [0.1, 0.15) is 5.82 Å². The van der Waals surface area contributed by atoms with Crippen molar-refractivity contribution in [2.24, 2.45) is 5.73 Å². The lowest BCUT2D eigenvalue weighted by molar-refractivity contribution is -0.117. The number of nitrogens with two attached hydrogens (primary N) is 1. The summed E-state index contributed by atoms with van der Waals surface area (Å²) in [6.07, 6.45) is 0.391. The first kappa shape index (κ1) is 14.5. The van der Waals surface area contributed by atoms with E-state index in [0.717, 1.165) is 11.6 Å². The van der Waals surface area contributed by atoms with Gasteiger partial charge in [-0.1, -0.05) is 41.9 Å². The van der Waals surface area contributed by atoms with Crippen molar-refractivity contribution in [2.45, 2.75) is 12.5 Å². The van der Waals surface area contributed by atoms with Gasteiger partial charge in [-0.25, -0.2) is 4.39 Å². The fraction of sp³-hybridized carbons (Fsp3) is 0.133. The number of carbonyl (C=O) groups is 1. The first-order valence-corrected chi connectivity index (χ1v) is 6.49. The van der Waals surface area contributed by atoms with Crippen molar-refractivity contribution in [3.63, 3.8) is 0 Å². The van der Waals surface area contributed by atoms with Crippen LogP contribution in [0.3, 0.4) is 0 Å². The summed E-state index contributed by atoms with van der Waals surface area (Å²) in [7, 11) is 0. The van der Waals surface area contributed by atoms with Crippen LogP contribution in [0.1, 0.15) is 5.56 Å². The first-order chi connectivity index (χ1) is 9.56. The van der Waals surface area contributed by atoms with E-state index in [4.69, 9.17) is 17.3 Å². The summed E-state index contributed by atoms with van der Waals surface area (Å²) >= 11 is 5.65. The molecular weight excluding hydrogens is 279 g/mol. The average Bonchev–Trinajstić information content (AvgIpc) is 2.43. The Kier molecular flexibility index (Phi) is 4.71. The Labute approximate surface area is 121 Å². The quantitative estimate of drug-likeness (QED) is 0.910. The summed E-state index contributed by atoms with van der Waals surface area (Å²) in [6, 6.07) is 12.7. The van der Waals surface area contributed by atoms with Crippen LogP contribution in [-0.4, -0.2) is 11.9 Å². The molecule has 5 heteroatoms. The highest BCUT2D eigenvalue weighted by molar-refractivity contribution is 6.30. The average molecular weight is 293 g/mol. The van der Waals surface area contributed by atoms with Crippen LogP contribution in [0.2, 0.25) is 5.02 Å². The molecule has 0 saturated carbocycles. The minimum absolute atomic E-state index is 0.0721. The van der Waals surface area contributed by atoms with Crippen molar-refractivity contribution in [1.82, 2.24) is 0 Å². The molecule has 0 heterocycles. The van der Waals surface area contributed by atoms with Gasteiger partial charge in [-0.15, -0.1) is 0 Å². The number of nitrogens with one attached hydrogen (secondary N) is 1. The molecule has 1 unspecified atom stereocenters. The molecular formula is C15H14ClFN2O. The molecule has 20 heavy (non-hydrogen) atoms. The summed E-state index contributed by atoms with van der Waals surface area (Å²) in [5.41, 5.74) is 6.84. The zero-order valence-electron chi connectivity index (χ0n) is 10.6. The van der Waals surface area contributed by atoms with E-state index in [-0.39, 0.29) is 10.7 Å². The van der Waals surface area contributed by atoms with Gasteiger partial charge in [-0.2, -0.15) is 0 Å². The second-order valence-electron chi connectivity index (χ2n) is 4.41. The molecule has 0 saturated heterocycles. The highest BCUT2D eigenvalue weighted by Crippen LogP contribution is 2.19. The van der Waals surface area contributed by atoms with Crippen LogP contribution < -0.4 is 11.1 Å². The molecule has 0 radical (unpaired) electrons. The number of hydrogen-bond acceptors (Lipinski definition) is 2. The Hall–Kier alpha value is -1.91. The van der Waals surface area contributed by atoms with Crippen molar-refractivity contribution in [1.29, 1.82) is 0 Å². The SMILES string of the molecule is NC(Cc1ccccc1)C(=O)Nc1ccc(Cl)cc1F. The number of halogens is 2. The maximum atomic E-state index is 13.6. The molecule has 0 aliphatic heterocycles. The highest BCUT2D eigenvalue weighted by atomic mass is 35.5. The molecule has 0 aromatic heterocycles. The third-order valence-corrected chi connectivity index (χ3v) is 3.06. The van der Waals surface area contributed by atoms with Gasteiger partial charge in [0.2, 0.25) is 5.91 Å². The van der Waals surface area contributed by atoms with Gasteiger partial charge >= 0.3 is 0 Å². The third kappa shape index (κ3) is 3.79. The van der Waals surface area contributed by atoms with Gasteiger partial charge in [-0.3, -0.25) is 4.79 Å². The Morgan fingerprint density at radius 1 is 1.25 bits per heavy atom. The van der Waals surface area contributed by atoms with Crippen molar-refractivity contribution < 1.29 is 9.18 Å². The lowest BCUT2D eigenvalue weighted by Crippen LogP contribution is -2.37. The van der Waals surface area contributed by atoms with E-state index in [1.165, 1.54) is 12.1 Å². The topological polar surface area (TPSA) is 55.1 Å². The Balaban J connectivity index is 2.01. The lowest BCUT2D eigenvalue weighted by atomic mass is 10.1. The van der Waals surface area contributed by atoms with E-state index in [2.05, 4.69) is 5.32 Å². The maximum absolute atomic E-state index is 13.6. The fourth-order valence-electron chi connectivity index (χ4n) is 1.78. The zero-order valence-corrected chi connectivity index (χ0v) is 11.4. The highest BCUT2D eigenvalue weighted by Gasteiger charge is 2.15. The maximum Gasteiger partial charge on any atom is 0.241 e. The van der Waals surface area contributed by atoms with Gasteiger partial charge in [0.15, 0.2) is 0 Å². The molecule has 104 valence electrons. The number of amides is 1. The standard InChI is InChI=1S/C15H14ClFN2O/c16-11-6-7-14(12(17)9-11)19-15(20)13(18)8-10-4-2-1-3-5-10/h1-7,9,13H,8,18H2,(H,19,20). The van der Waals surface area contributed by atoms with E-state index in [1.807, 2.05) is 30.3 Å². The smallest absolute Gasteiger partial charge is 0.241 e. The van der Waals surface area contributed by atoms with Gasteiger partial charge in [0.25, 0.3) is 0 Å². The third-order valence-electron chi connectivity index (χ3n) is 2.82. The van der Waals surface area contributed by atoms with Crippen molar-refractivity contribution in [2.75, 3.05) is 5.32 Å². The number of hydrogen-bond donors (Lipinski definition) is 2. The molecule has 1 amide bonds. The number of anilines is 1. The second kappa shape index (κ2) is 6.50. The number of carbonyl (C=O) groups excluding carboxylic acids is 1. The van der Waals surface area contributed by atoms with Gasteiger partial charge in [-0.05, 0) is 30.2 Å². The summed E-state index contributed by atoms with van der Waals surface area (Å²) in [5.74, 6) is -1.02. The molecule has 3 N–H and O–H groups in total. The van der Waals surface area contributed by atoms with E-state index in [1.54, 1.807) is 0 Å². The predicted octanol–water partition coefficient (Wildman–Crippen LogP) is 2.99. The Bertz CT molecular complexity index is 604. The predicted molar refractivity (Wildman–Crippen MR) is 78.2 cm³/mol. The van der Waals surface area contributed by atoms with Crippen LogP contribution in [-0.2, 0) is 11.2 Å². The van der Waals surface area contributed by atoms with Gasteiger partial charge in [0.05, 0.1) is 11.7 Å². The molecule has 2 aromatic rings. The van der Waals surface area contributed by atoms with Crippen molar-refractivity contribution in [3.05, 3.63) is 64.9 Å². The lowest BCUT2D eigenvalue weighted by Gasteiger charge is -2.13. The second-order valence-corrected chi connectivity index (χ2v) is 4.85. The number of rotatable bonds is 4. The fourth-order valence-corrected chi connectivity index (χ4v) is 1.94. The molecule has 0 aliphatic carbocycles. The molecule has 0 fully saturated rings. The van der Waals surface area contributed by atoms with Crippen molar-refractivity contribution >= 4 is 23.2 Å². The van der Waals surface area contributed by atoms with Crippen LogP contribution >= 0.6 is 11.6 Å². The summed E-state index contributed by atoms with van der Waals surface area (Å²) in [5, 5.41) is 2.73. The first-order valence-electron chi connectivity index (χ1n) is 6.11. The summed E-state index contributed by atoms with van der Waals surface area (Å²) < 4.78 is 13.6. The van der Waals surface area contributed by atoms with Crippen LogP contribution in [0, 0.1) is 5.82 Å². The van der Waals surface area contributed by atoms with Crippen molar-refractivity contribution in [3.8, 4) is 0 Å². The van der Waals surface area contributed by atoms with E-state index in [9.17, 15) is 9.18 Å². The summed E-state index contributed by atoms with van der Waals surface area (Å²) in [4.78, 5) is 11.9. The van der Waals surface area contributed by atoms with Crippen LogP contribution in [0.4, 0.5) is 10.1 Å². The molecule has 2 rings (SSSR count). The molecule has 1 atom stereocenters. The molecule has 3 nitrogen and oxygen atoms in total. The molecule has 2 aromatic carbocycles. The minimum atomic E-state index is -0.743. The van der Waals surface area contributed by atoms with Crippen LogP contribution in [0.15, 0.2) is 48.5 Å². The monoisotopic (exact) mass is 292 g/mol. The Morgan fingerprint density at radius 3 is 2.60 bits per heavy atom. The Morgan fingerprint density at radius 2 is 1.95 bits per heavy atom. The van der Waals surface area contributed by atoms with Crippen LogP contribution in [0.5, 0.6) is 0 Å². The van der Waals surface area contributed by atoms with E-state index >= 15 is 0 Å². The summed E-state index contributed by atoms with van der Waals surface area (Å²) in [6.45, 7) is 0. The zero-order chi connectivity index (χ0) is 14.5. The molecule has 0 bridgehead atoms. The minimum Gasteiger partial charge on any atom is -0.322 e.